The van der Waals surface area contributed by atoms with Crippen molar-refractivity contribution in [3.8, 4) is 0 Å². The van der Waals surface area contributed by atoms with Crippen LogP contribution in [-0.4, -0.2) is 0 Å². The van der Waals surface area contributed by atoms with Crippen LogP contribution in [0, 0.1) is 0 Å². The largest absolute Gasteiger partial charge is 0.212 e. The molecule has 0 amide bonds. The van der Waals surface area contributed by atoms with Crippen LogP contribution < -0.4 is 0 Å². The smallest absolute Gasteiger partial charge is 0.1000 e. The maximum Gasteiger partial charge on any atom is 0.1000 e. The highest BCUT2D eigenvalue weighted by Crippen LogP contribution is 2.03. The molecule has 0 aliphatic rings. The summed E-state index contributed by atoms with van der Waals surface area (Å²) in [4.78, 5) is 0. The number of rotatable bonds is 4. The molecule has 0 aliphatic carbocycles. The molecule has 0 rings (SSSR count). The minimum atomic E-state index is -0.134. The zero-order valence-electron chi connectivity index (χ0n) is 5.44. The van der Waals surface area contributed by atoms with E-state index < -0.39 is 0 Å². The summed E-state index contributed by atoms with van der Waals surface area (Å²) in [6, 6.07) is 0. The maximum atomic E-state index is 12.3. The van der Waals surface area contributed by atoms with Crippen molar-refractivity contribution in [1.29, 1.82) is 0 Å². The van der Waals surface area contributed by atoms with E-state index in [1.165, 1.54) is 12.2 Å². The molecule has 0 nitrogen and oxygen atoms in total. The molecule has 0 saturated carbocycles. The van der Waals surface area contributed by atoms with Gasteiger partial charge in [-0.25, -0.2) is 4.39 Å². The molecule has 0 aliphatic heterocycles. The minimum absolute atomic E-state index is 0.134. The standard InChI is InChI=1S/C8H11F/c1-3-5-7-8(9)6-4-2/h3-4,7H,1-2,5-6H2. The van der Waals surface area contributed by atoms with E-state index in [2.05, 4.69) is 13.2 Å². The fraction of sp³-hybridized carbons (Fsp3) is 0.250. The van der Waals surface area contributed by atoms with Crippen molar-refractivity contribution < 1.29 is 4.39 Å². The van der Waals surface area contributed by atoms with Gasteiger partial charge in [0.25, 0.3) is 0 Å². The highest BCUT2D eigenvalue weighted by molar-refractivity contribution is 4.99. The van der Waals surface area contributed by atoms with E-state index in [0.29, 0.717) is 12.8 Å². The fourth-order valence-electron chi connectivity index (χ4n) is 0.432. The average Bonchev–Trinajstić information content (AvgIpc) is 1.85. The predicted octanol–water partition coefficient (Wildman–Crippen LogP) is 2.99. The maximum absolute atomic E-state index is 12.3. The molecule has 0 aromatic heterocycles. The highest BCUT2D eigenvalue weighted by atomic mass is 19.1. The van der Waals surface area contributed by atoms with Gasteiger partial charge in [-0.1, -0.05) is 12.2 Å². The second-order valence-corrected chi connectivity index (χ2v) is 1.67. The van der Waals surface area contributed by atoms with Crippen LogP contribution in [0.4, 0.5) is 4.39 Å². The van der Waals surface area contributed by atoms with Crippen molar-refractivity contribution in [3.63, 3.8) is 0 Å². The third-order valence-corrected chi connectivity index (χ3v) is 0.845. The molecule has 0 bridgehead atoms. The molecular formula is C8H11F. The molecule has 0 atom stereocenters. The van der Waals surface area contributed by atoms with Crippen molar-refractivity contribution in [2.24, 2.45) is 0 Å². The van der Waals surface area contributed by atoms with Gasteiger partial charge < -0.3 is 0 Å². The second-order valence-electron chi connectivity index (χ2n) is 1.67. The number of halogens is 1. The lowest BCUT2D eigenvalue weighted by Crippen LogP contribution is -1.68. The number of hydrogen-bond acceptors (Lipinski definition) is 0. The van der Waals surface area contributed by atoms with Crippen LogP contribution in [-0.2, 0) is 0 Å². The Hall–Kier alpha value is -0.850. The first-order chi connectivity index (χ1) is 4.31. The predicted molar refractivity (Wildman–Crippen MR) is 38.8 cm³/mol. The summed E-state index contributed by atoms with van der Waals surface area (Å²) < 4.78 is 12.3. The van der Waals surface area contributed by atoms with Gasteiger partial charge in [0.1, 0.15) is 0 Å². The van der Waals surface area contributed by atoms with E-state index in [-0.39, 0.29) is 5.83 Å². The normalized spacial score (nSPS) is 11.0. The molecule has 0 unspecified atom stereocenters. The van der Waals surface area contributed by atoms with Gasteiger partial charge in [-0.05, 0) is 12.5 Å². The zero-order valence-corrected chi connectivity index (χ0v) is 5.44. The Balaban J connectivity index is 3.53. The molecule has 0 aromatic carbocycles. The Labute approximate surface area is 55.4 Å². The molecule has 0 fully saturated rings. The lowest BCUT2D eigenvalue weighted by atomic mass is 10.3. The van der Waals surface area contributed by atoms with Crippen LogP contribution in [0.25, 0.3) is 0 Å². The number of allylic oxidation sites excluding steroid dienone is 4. The summed E-state index contributed by atoms with van der Waals surface area (Å²) in [5.41, 5.74) is 0. The van der Waals surface area contributed by atoms with Crippen LogP contribution in [0.3, 0.4) is 0 Å². The highest BCUT2D eigenvalue weighted by Gasteiger charge is 1.85. The van der Waals surface area contributed by atoms with Crippen molar-refractivity contribution in [2.75, 3.05) is 0 Å². The Kier molecular flexibility index (Phi) is 4.79. The van der Waals surface area contributed by atoms with Gasteiger partial charge in [0.15, 0.2) is 0 Å². The van der Waals surface area contributed by atoms with E-state index in [1.807, 2.05) is 0 Å². The third-order valence-electron chi connectivity index (χ3n) is 0.845. The Morgan fingerprint density at radius 2 is 2.00 bits per heavy atom. The first-order valence-corrected chi connectivity index (χ1v) is 2.87. The summed E-state index contributed by atoms with van der Waals surface area (Å²) in [5, 5.41) is 0. The van der Waals surface area contributed by atoms with Gasteiger partial charge in [0, 0.05) is 6.42 Å². The summed E-state index contributed by atoms with van der Waals surface area (Å²) >= 11 is 0. The molecule has 0 saturated heterocycles. The minimum Gasteiger partial charge on any atom is -0.212 e. The van der Waals surface area contributed by atoms with E-state index in [9.17, 15) is 4.39 Å². The Morgan fingerprint density at radius 1 is 1.33 bits per heavy atom. The zero-order chi connectivity index (χ0) is 7.11. The van der Waals surface area contributed by atoms with Gasteiger partial charge in [-0.2, -0.15) is 0 Å². The molecule has 1 heteroatoms. The van der Waals surface area contributed by atoms with E-state index in [4.69, 9.17) is 0 Å². The summed E-state index contributed by atoms with van der Waals surface area (Å²) in [6.07, 6.45) is 5.61. The summed E-state index contributed by atoms with van der Waals surface area (Å²) in [6.45, 7) is 6.86. The van der Waals surface area contributed by atoms with E-state index in [0.717, 1.165) is 0 Å². The van der Waals surface area contributed by atoms with Crippen molar-refractivity contribution in [2.45, 2.75) is 12.8 Å². The van der Waals surface area contributed by atoms with E-state index >= 15 is 0 Å². The topological polar surface area (TPSA) is 0 Å². The van der Waals surface area contributed by atoms with Crippen LogP contribution >= 0.6 is 0 Å². The second kappa shape index (κ2) is 5.29. The van der Waals surface area contributed by atoms with Crippen LogP contribution in [0.1, 0.15) is 12.8 Å². The van der Waals surface area contributed by atoms with Crippen LogP contribution in [0.2, 0.25) is 0 Å². The molecule has 0 heterocycles. The molecule has 50 valence electrons. The fourth-order valence-corrected chi connectivity index (χ4v) is 0.432. The molecule has 0 spiro atoms. The molecule has 9 heavy (non-hydrogen) atoms. The first kappa shape index (κ1) is 8.15. The lowest BCUT2D eigenvalue weighted by Gasteiger charge is -1.86. The van der Waals surface area contributed by atoms with Crippen molar-refractivity contribution in [1.82, 2.24) is 0 Å². The van der Waals surface area contributed by atoms with Crippen molar-refractivity contribution in [3.05, 3.63) is 37.2 Å². The lowest BCUT2D eigenvalue weighted by molar-refractivity contribution is 0.614. The average molecular weight is 126 g/mol. The summed E-state index contributed by atoms with van der Waals surface area (Å²) in [7, 11) is 0. The quantitative estimate of drug-likeness (QED) is 0.508. The third kappa shape index (κ3) is 5.01. The Bertz CT molecular complexity index is 123. The van der Waals surface area contributed by atoms with Gasteiger partial charge in [-0.3, -0.25) is 0 Å². The van der Waals surface area contributed by atoms with Gasteiger partial charge >= 0.3 is 0 Å². The van der Waals surface area contributed by atoms with Gasteiger partial charge in [0.05, 0.1) is 5.83 Å². The molecule has 0 N–H and O–H groups in total. The monoisotopic (exact) mass is 126 g/mol. The molecule has 0 aromatic rings. The van der Waals surface area contributed by atoms with E-state index in [1.54, 1.807) is 6.08 Å². The molecule has 0 radical (unpaired) electrons. The number of hydrogen-bond donors (Lipinski definition) is 0. The van der Waals surface area contributed by atoms with Gasteiger partial charge in [-0.15, -0.1) is 13.2 Å². The van der Waals surface area contributed by atoms with Crippen LogP contribution in [0.5, 0.6) is 0 Å². The SMILES string of the molecule is C=CCC=C(F)CC=C. The van der Waals surface area contributed by atoms with Crippen molar-refractivity contribution >= 4 is 0 Å². The first-order valence-electron chi connectivity index (χ1n) is 2.87. The molecular weight excluding hydrogens is 115 g/mol. The summed E-state index contributed by atoms with van der Waals surface area (Å²) in [5.74, 6) is -0.134. The van der Waals surface area contributed by atoms with Crippen LogP contribution in [0.15, 0.2) is 37.2 Å². The Morgan fingerprint density at radius 3 is 2.44 bits per heavy atom. The van der Waals surface area contributed by atoms with Gasteiger partial charge in [0.2, 0.25) is 0 Å².